The van der Waals surface area contributed by atoms with Crippen molar-refractivity contribution < 1.29 is 4.74 Å². The zero-order valence-electron chi connectivity index (χ0n) is 19.0. The van der Waals surface area contributed by atoms with Gasteiger partial charge in [0.25, 0.3) is 0 Å². The molecule has 0 aliphatic carbocycles. The predicted molar refractivity (Wildman–Crippen MR) is 122 cm³/mol. The fourth-order valence-corrected chi connectivity index (χ4v) is 4.15. The van der Waals surface area contributed by atoms with Crippen LogP contribution in [0.4, 0.5) is 0 Å². The summed E-state index contributed by atoms with van der Waals surface area (Å²) in [5.74, 6) is 0.429. The molecule has 0 amide bonds. The molecule has 3 rings (SSSR count). The van der Waals surface area contributed by atoms with Crippen LogP contribution in [0.3, 0.4) is 0 Å². The van der Waals surface area contributed by atoms with Crippen LogP contribution in [0.2, 0.25) is 0 Å². The van der Waals surface area contributed by atoms with Crippen LogP contribution in [0.25, 0.3) is 22.3 Å². The van der Waals surface area contributed by atoms with Crippen LogP contribution in [0, 0.1) is 13.8 Å². The number of hydrogen-bond donors (Lipinski definition) is 0. The number of fused-ring (bicyclic) bond motifs is 1. The molecule has 0 spiro atoms. The molecule has 0 N–H and O–H groups in total. The van der Waals surface area contributed by atoms with Gasteiger partial charge in [-0.3, -0.25) is 4.98 Å². The molecule has 3 aromatic heterocycles. The van der Waals surface area contributed by atoms with Crippen molar-refractivity contribution in [2.24, 2.45) is 0 Å². The van der Waals surface area contributed by atoms with E-state index in [2.05, 4.69) is 70.5 Å². The molecule has 0 bridgehead atoms. The maximum atomic E-state index is 5.50. The Morgan fingerprint density at radius 1 is 1.07 bits per heavy atom. The second-order valence-corrected chi connectivity index (χ2v) is 8.38. The third-order valence-electron chi connectivity index (χ3n) is 5.73. The molecule has 3 aromatic rings. The number of nitrogens with zero attached hydrogens (tertiary/aromatic N) is 3. The number of methoxy groups -OCH3 is 1. The van der Waals surface area contributed by atoms with Crippen molar-refractivity contribution in [2.45, 2.75) is 72.8 Å². The van der Waals surface area contributed by atoms with E-state index in [1.54, 1.807) is 7.11 Å². The molecule has 29 heavy (non-hydrogen) atoms. The van der Waals surface area contributed by atoms with E-state index < -0.39 is 0 Å². The van der Waals surface area contributed by atoms with Crippen LogP contribution in [0.5, 0.6) is 0 Å². The Kier molecular flexibility index (Phi) is 6.74. The highest BCUT2D eigenvalue weighted by Gasteiger charge is 2.19. The molecule has 1 unspecified atom stereocenters. The van der Waals surface area contributed by atoms with Gasteiger partial charge >= 0.3 is 0 Å². The SMILES string of the molecule is CCCC(COC)n1cc(C)c2nc(-c3ccc(C(C)C)nc3CC)c(C)cc21. The molecule has 156 valence electrons. The number of pyridine rings is 2. The first-order valence-electron chi connectivity index (χ1n) is 10.9. The van der Waals surface area contributed by atoms with E-state index in [1.807, 2.05) is 0 Å². The summed E-state index contributed by atoms with van der Waals surface area (Å²) >= 11 is 0. The van der Waals surface area contributed by atoms with Crippen LogP contribution in [0.15, 0.2) is 24.4 Å². The van der Waals surface area contributed by atoms with Gasteiger partial charge in [0.05, 0.1) is 29.4 Å². The molecule has 0 saturated carbocycles. The normalized spacial score (nSPS) is 12.8. The minimum absolute atomic E-state index is 0.339. The van der Waals surface area contributed by atoms with Crippen LogP contribution < -0.4 is 0 Å². The number of aromatic nitrogens is 3. The monoisotopic (exact) mass is 393 g/mol. The van der Waals surface area contributed by atoms with Gasteiger partial charge in [-0.1, -0.05) is 34.1 Å². The topological polar surface area (TPSA) is 39.9 Å². The Morgan fingerprint density at radius 3 is 2.45 bits per heavy atom. The highest BCUT2D eigenvalue weighted by atomic mass is 16.5. The zero-order chi connectivity index (χ0) is 21.1. The molecule has 4 heteroatoms. The van der Waals surface area contributed by atoms with Crippen LogP contribution >= 0.6 is 0 Å². The van der Waals surface area contributed by atoms with Gasteiger partial charge in [0.2, 0.25) is 0 Å². The predicted octanol–water partition coefficient (Wildman–Crippen LogP) is 6.39. The standard InChI is InChI=1S/C25H35N3O/c1-8-10-19(15-29-7)28-14-18(6)25-23(28)13-17(5)24(27-25)20-11-12-22(16(3)4)26-21(20)9-2/h11-14,16,19H,8-10,15H2,1-7H3. The molecular weight excluding hydrogens is 358 g/mol. The summed E-state index contributed by atoms with van der Waals surface area (Å²) in [6.07, 6.45) is 5.37. The Bertz CT molecular complexity index is 981. The highest BCUT2D eigenvalue weighted by molar-refractivity contribution is 5.84. The van der Waals surface area contributed by atoms with Gasteiger partial charge < -0.3 is 9.30 Å². The van der Waals surface area contributed by atoms with E-state index >= 15 is 0 Å². The van der Waals surface area contributed by atoms with Gasteiger partial charge in [0.15, 0.2) is 0 Å². The molecule has 0 saturated heterocycles. The third-order valence-corrected chi connectivity index (χ3v) is 5.73. The average Bonchev–Trinajstić information content (AvgIpc) is 3.02. The van der Waals surface area contributed by atoms with E-state index in [0.29, 0.717) is 12.0 Å². The minimum atomic E-state index is 0.339. The third kappa shape index (κ3) is 4.23. The molecule has 1 atom stereocenters. The first kappa shape index (κ1) is 21.5. The van der Waals surface area contributed by atoms with Crippen LogP contribution in [0.1, 0.15) is 75.0 Å². The summed E-state index contributed by atoms with van der Waals surface area (Å²) < 4.78 is 7.87. The molecule has 3 heterocycles. The fraction of sp³-hybridized carbons (Fsp3) is 0.520. The smallest absolute Gasteiger partial charge is 0.0917 e. The lowest BCUT2D eigenvalue weighted by Crippen LogP contribution is -2.13. The quantitative estimate of drug-likeness (QED) is 0.445. The van der Waals surface area contributed by atoms with Crippen molar-refractivity contribution in [1.82, 2.24) is 14.5 Å². The first-order valence-corrected chi connectivity index (χ1v) is 10.9. The minimum Gasteiger partial charge on any atom is -0.383 e. The van der Waals surface area contributed by atoms with Gasteiger partial charge in [0.1, 0.15) is 0 Å². The van der Waals surface area contributed by atoms with Gasteiger partial charge in [0, 0.05) is 30.3 Å². The molecule has 0 aliphatic rings. The van der Waals surface area contributed by atoms with Crippen molar-refractivity contribution in [3.05, 3.63) is 46.9 Å². The lowest BCUT2D eigenvalue weighted by Gasteiger charge is -2.19. The Hall–Kier alpha value is -2.20. The first-order chi connectivity index (χ1) is 13.9. The van der Waals surface area contributed by atoms with E-state index in [-0.39, 0.29) is 0 Å². The molecule has 4 nitrogen and oxygen atoms in total. The molecular formula is C25H35N3O. The zero-order valence-corrected chi connectivity index (χ0v) is 19.0. The van der Waals surface area contributed by atoms with Crippen molar-refractivity contribution in [3.8, 4) is 11.3 Å². The lowest BCUT2D eigenvalue weighted by atomic mass is 10.0. The number of hydrogen-bond acceptors (Lipinski definition) is 3. The molecule has 0 fully saturated rings. The molecule has 0 aromatic carbocycles. The van der Waals surface area contributed by atoms with Gasteiger partial charge in [-0.2, -0.15) is 0 Å². The summed E-state index contributed by atoms with van der Waals surface area (Å²) in [5.41, 5.74) is 9.17. The number of rotatable bonds is 8. The van der Waals surface area contributed by atoms with Crippen molar-refractivity contribution in [1.29, 1.82) is 0 Å². The summed E-state index contributed by atoms with van der Waals surface area (Å²) in [7, 11) is 1.78. The summed E-state index contributed by atoms with van der Waals surface area (Å²) in [6, 6.07) is 6.99. The number of ether oxygens (including phenoxy) is 1. The lowest BCUT2D eigenvalue weighted by molar-refractivity contribution is 0.152. The van der Waals surface area contributed by atoms with Crippen molar-refractivity contribution in [2.75, 3.05) is 13.7 Å². The fourth-order valence-electron chi connectivity index (χ4n) is 4.15. The van der Waals surface area contributed by atoms with Crippen LogP contribution in [-0.4, -0.2) is 28.3 Å². The highest BCUT2D eigenvalue weighted by Crippen LogP contribution is 2.32. The summed E-state index contributed by atoms with van der Waals surface area (Å²) in [5, 5.41) is 0. The second-order valence-electron chi connectivity index (χ2n) is 8.38. The average molecular weight is 394 g/mol. The largest absolute Gasteiger partial charge is 0.383 e. The van der Waals surface area contributed by atoms with Crippen LogP contribution in [-0.2, 0) is 11.2 Å². The second kappa shape index (κ2) is 9.08. The maximum absolute atomic E-state index is 5.50. The summed E-state index contributed by atoms with van der Waals surface area (Å²) in [6.45, 7) is 13.8. The Balaban J connectivity index is 2.15. The van der Waals surface area contributed by atoms with E-state index in [9.17, 15) is 0 Å². The van der Waals surface area contributed by atoms with Crippen molar-refractivity contribution >= 4 is 11.0 Å². The number of aryl methyl sites for hydroxylation is 3. The Morgan fingerprint density at radius 2 is 1.83 bits per heavy atom. The Labute approximate surface area is 175 Å². The van der Waals surface area contributed by atoms with Crippen molar-refractivity contribution in [3.63, 3.8) is 0 Å². The molecule has 0 aliphatic heterocycles. The molecule has 0 radical (unpaired) electrons. The van der Waals surface area contributed by atoms with E-state index in [4.69, 9.17) is 14.7 Å². The van der Waals surface area contributed by atoms with E-state index in [1.165, 1.54) is 16.6 Å². The van der Waals surface area contributed by atoms with Gasteiger partial charge in [-0.05, 0) is 61.9 Å². The summed E-state index contributed by atoms with van der Waals surface area (Å²) in [4.78, 5) is 10.1. The van der Waals surface area contributed by atoms with Gasteiger partial charge in [-0.15, -0.1) is 0 Å². The van der Waals surface area contributed by atoms with E-state index in [0.717, 1.165) is 54.0 Å². The maximum Gasteiger partial charge on any atom is 0.0917 e. The van der Waals surface area contributed by atoms with Gasteiger partial charge in [-0.25, -0.2) is 4.98 Å².